The lowest BCUT2D eigenvalue weighted by Gasteiger charge is -2.11. The Kier molecular flexibility index (Phi) is 8.10. The molecule has 0 saturated carbocycles. The summed E-state index contributed by atoms with van der Waals surface area (Å²) >= 11 is 1.75. The fourth-order valence-corrected chi connectivity index (χ4v) is 2.95. The molecule has 2 aromatic rings. The number of nitrogens with one attached hydrogen (secondary N) is 2. The fraction of sp³-hybridized carbons (Fsp3) is 0.444. The average Bonchev–Trinajstić information content (AvgIpc) is 3.02. The summed E-state index contributed by atoms with van der Waals surface area (Å²) in [5, 5.41) is 7.80. The molecule has 0 amide bonds. The van der Waals surface area contributed by atoms with E-state index < -0.39 is 0 Å². The Morgan fingerprint density at radius 1 is 1.17 bits per heavy atom. The number of nitrogens with zero attached hydrogens (tertiary/aromatic N) is 2. The molecule has 0 saturated heterocycles. The van der Waals surface area contributed by atoms with E-state index in [4.69, 9.17) is 4.74 Å². The van der Waals surface area contributed by atoms with Gasteiger partial charge in [0, 0.05) is 37.6 Å². The topological polar surface area (TPSA) is 58.5 Å². The van der Waals surface area contributed by atoms with Gasteiger partial charge in [-0.2, -0.15) is 0 Å². The molecule has 1 aromatic carbocycles. The van der Waals surface area contributed by atoms with Crippen molar-refractivity contribution in [1.82, 2.24) is 15.6 Å². The molecular formula is C18H26N4OS. The van der Waals surface area contributed by atoms with Crippen LogP contribution < -0.4 is 15.4 Å². The number of benzene rings is 1. The number of hydrogen-bond acceptors (Lipinski definition) is 4. The SMILES string of the molecule is CN=C(NCCCCOc1ccccc1)NCCc1ncc(C)s1. The van der Waals surface area contributed by atoms with Crippen LogP contribution in [0.1, 0.15) is 22.7 Å². The lowest BCUT2D eigenvalue weighted by atomic mass is 10.3. The number of hydrogen-bond donors (Lipinski definition) is 2. The maximum absolute atomic E-state index is 5.68. The summed E-state index contributed by atoms with van der Waals surface area (Å²) in [6.45, 7) is 4.54. The largest absolute Gasteiger partial charge is 0.494 e. The molecule has 2 rings (SSSR count). The van der Waals surface area contributed by atoms with Crippen molar-refractivity contribution in [2.75, 3.05) is 26.7 Å². The predicted molar refractivity (Wildman–Crippen MR) is 101 cm³/mol. The van der Waals surface area contributed by atoms with Crippen LogP contribution in [0.4, 0.5) is 0 Å². The molecule has 24 heavy (non-hydrogen) atoms. The van der Waals surface area contributed by atoms with Gasteiger partial charge in [0.15, 0.2) is 5.96 Å². The number of guanidine groups is 1. The summed E-state index contributed by atoms with van der Waals surface area (Å²) in [6.07, 6.45) is 4.89. The zero-order valence-electron chi connectivity index (χ0n) is 14.4. The van der Waals surface area contributed by atoms with Crippen LogP contribution in [0.3, 0.4) is 0 Å². The van der Waals surface area contributed by atoms with Crippen LogP contribution in [0.5, 0.6) is 5.75 Å². The number of unbranched alkanes of at least 4 members (excludes halogenated alkanes) is 1. The van der Waals surface area contributed by atoms with Crippen molar-refractivity contribution in [3.63, 3.8) is 0 Å². The highest BCUT2D eigenvalue weighted by atomic mass is 32.1. The van der Waals surface area contributed by atoms with Crippen molar-refractivity contribution in [1.29, 1.82) is 0 Å². The van der Waals surface area contributed by atoms with Crippen molar-refractivity contribution in [2.45, 2.75) is 26.2 Å². The van der Waals surface area contributed by atoms with Crippen molar-refractivity contribution in [3.05, 3.63) is 46.4 Å². The Morgan fingerprint density at radius 3 is 2.67 bits per heavy atom. The standard InChI is InChI=1S/C18H26N4OS/c1-15-14-22-17(24-15)10-12-21-18(19-2)20-11-6-7-13-23-16-8-4-3-5-9-16/h3-5,8-9,14H,6-7,10-13H2,1-2H3,(H2,19,20,21). The number of aromatic nitrogens is 1. The fourth-order valence-electron chi connectivity index (χ4n) is 2.17. The highest BCUT2D eigenvalue weighted by Crippen LogP contribution is 2.11. The van der Waals surface area contributed by atoms with Crippen LogP contribution in [0.2, 0.25) is 0 Å². The van der Waals surface area contributed by atoms with Gasteiger partial charge >= 0.3 is 0 Å². The van der Waals surface area contributed by atoms with Gasteiger partial charge in [-0.3, -0.25) is 4.99 Å². The Morgan fingerprint density at radius 2 is 1.96 bits per heavy atom. The zero-order valence-corrected chi connectivity index (χ0v) is 15.2. The minimum atomic E-state index is 0.737. The van der Waals surface area contributed by atoms with Crippen LogP contribution in [-0.4, -0.2) is 37.7 Å². The Hall–Kier alpha value is -2.08. The van der Waals surface area contributed by atoms with Gasteiger partial charge in [0.1, 0.15) is 5.75 Å². The molecule has 130 valence electrons. The Labute approximate surface area is 148 Å². The van der Waals surface area contributed by atoms with Gasteiger partial charge in [0.05, 0.1) is 11.6 Å². The molecule has 1 heterocycles. The van der Waals surface area contributed by atoms with E-state index in [1.54, 1.807) is 18.4 Å². The molecule has 0 radical (unpaired) electrons. The number of ether oxygens (including phenoxy) is 1. The first-order chi connectivity index (χ1) is 11.8. The van der Waals surface area contributed by atoms with Gasteiger partial charge in [-0.15, -0.1) is 11.3 Å². The molecule has 0 fully saturated rings. The van der Waals surface area contributed by atoms with Crippen molar-refractivity contribution < 1.29 is 4.74 Å². The first kappa shape index (κ1) is 18.3. The maximum Gasteiger partial charge on any atom is 0.190 e. The molecule has 0 aliphatic rings. The first-order valence-electron chi connectivity index (χ1n) is 8.31. The van der Waals surface area contributed by atoms with Crippen LogP contribution in [0.15, 0.2) is 41.5 Å². The third-order valence-electron chi connectivity index (χ3n) is 3.40. The molecule has 0 aliphatic carbocycles. The second-order valence-electron chi connectivity index (χ2n) is 5.41. The molecule has 6 heteroatoms. The summed E-state index contributed by atoms with van der Waals surface area (Å²) in [5.41, 5.74) is 0. The molecule has 2 N–H and O–H groups in total. The van der Waals surface area contributed by atoms with Crippen LogP contribution in [0.25, 0.3) is 0 Å². The third-order valence-corrected chi connectivity index (χ3v) is 4.37. The van der Waals surface area contributed by atoms with Crippen molar-refractivity contribution in [2.24, 2.45) is 4.99 Å². The normalized spacial score (nSPS) is 11.3. The van der Waals surface area contributed by atoms with Crippen molar-refractivity contribution in [3.8, 4) is 5.75 Å². The van der Waals surface area contributed by atoms with E-state index in [1.165, 1.54) is 4.88 Å². The summed E-state index contributed by atoms with van der Waals surface area (Å²) in [5.74, 6) is 1.77. The Balaban J connectivity index is 1.52. The summed E-state index contributed by atoms with van der Waals surface area (Å²) in [7, 11) is 1.79. The first-order valence-corrected chi connectivity index (χ1v) is 9.13. The summed E-state index contributed by atoms with van der Waals surface area (Å²) < 4.78 is 5.68. The van der Waals surface area contributed by atoms with E-state index >= 15 is 0 Å². The number of rotatable bonds is 9. The molecule has 0 spiro atoms. The predicted octanol–water partition coefficient (Wildman–Crippen LogP) is 3.02. The quantitative estimate of drug-likeness (QED) is 0.416. The molecule has 0 atom stereocenters. The van der Waals surface area contributed by atoms with Gasteiger partial charge in [-0.1, -0.05) is 18.2 Å². The number of para-hydroxylation sites is 1. The molecule has 1 aromatic heterocycles. The molecule has 5 nitrogen and oxygen atoms in total. The molecular weight excluding hydrogens is 320 g/mol. The third kappa shape index (κ3) is 7.00. The molecule has 0 aliphatic heterocycles. The van der Waals surface area contributed by atoms with Crippen LogP contribution in [-0.2, 0) is 6.42 Å². The van der Waals surface area contributed by atoms with Gasteiger partial charge < -0.3 is 15.4 Å². The number of thiazole rings is 1. The smallest absolute Gasteiger partial charge is 0.190 e. The van der Waals surface area contributed by atoms with E-state index in [-0.39, 0.29) is 0 Å². The molecule has 0 unspecified atom stereocenters. The number of aryl methyl sites for hydroxylation is 1. The van der Waals surface area contributed by atoms with Gasteiger partial charge in [0.25, 0.3) is 0 Å². The van der Waals surface area contributed by atoms with E-state index in [9.17, 15) is 0 Å². The van der Waals surface area contributed by atoms with E-state index in [2.05, 4.69) is 27.5 Å². The Bertz CT molecular complexity index is 612. The minimum absolute atomic E-state index is 0.737. The van der Waals surface area contributed by atoms with E-state index in [0.29, 0.717) is 0 Å². The van der Waals surface area contributed by atoms with Crippen molar-refractivity contribution >= 4 is 17.3 Å². The zero-order chi connectivity index (χ0) is 17.0. The highest BCUT2D eigenvalue weighted by Gasteiger charge is 2.01. The second kappa shape index (κ2) is 10.6. The average molecular weight is 347 g/mol. The maximum atomic E-state index is 5.68. The lowest BCUT2D eigenvalue weighted by molar-refractivity contribution is 0.307. The van der Waals surface area contributed by atoms with E-state index in [0.717, 1.165) is 55.7 Å². The van der Waals surface area contributed by atoms with E-state index in [1.807, 2.05) is 36.5 Å². The van der Waals surface area contributed by atoms with Crippen LogP contribution >= 0.6 is 11.3 Å². The lowest BCUT2D eigenvalue weighted by Crippen LogP contribution is -2.38. The van der Waals surface area contributed by atoms with Crippen LogP contribution in [0, 0.1) is 6.92 Å². The molecule has 0 bridgehead atoms. The summed E-state index contributed by atoms with van der Waals surface area (Å²) in [4.78, 5) is 9.85. The highest BCUT2D eigenvalue weighted by molar-refractivity contribution is 7.11. The minimum Gasteiger partial charge on any atom is -0.494 e. The summed E-state index contributed by atoms with van der Waals surface area (Å²) in [6, 6.07) is 9.92. The second-order valence-corrected chi connectivity index (χ2v) is 6.73. The van der Waals surface area contributed by atoms with Gasteiger partial charge in [-0.05, 0) is 31.9 Å². The van der Waals surface area contributed by atoms with Gasteiger partial charge in [-0.25, -0.2) is 4.98 Å². The monoisotopic (exact) mass is 346 g/mol. The number of aliphatic imine (C=N–C) groups is 1. The van der Waals surface area contributed by atoms with Gasteiger partial charge in [0.2, 0.25) is 0 Å².